The van der Waals surface area contributed by atoms with Crippen LogP contribution in [0.5, 0.6) is 0 Å². The number of nitrogens with zero attached hydrogens (tertiary/aromatic N) is 3. The number of allylic oxidation sites excluding steroid dienone is 1. The van der Waals surface area contributed by atoms with Gasteiger partial charge in [0.25, 0.3) is 0 Å². The molecule has 7 heteroatoms. The molecule has 3 rings (SSSR count). The van der Waals surface area contributed by atoms with Crippen molar-refractivity contribution in [2.45, 2.75) is 0 Å². The first kappa shape index (κ1) is 14.5. The van der Waals surface area contributed by atoms with Gasteiger partial charge >= 0.3 is 0 Å². The smallest absolute Gasteiger partial charge is 0.194 e. The van der Waals surface area contributed by atoms with E-state index in [1.807, 2.05) is 41.9 Å². The fourth-order valence-corrected chi connectivity index (χ4v) is 3.31. The number of hydrogen-bond donors (Lipinski definition) is 0. The predicted molar refractivity (Wildman–Crippen MR) is 86.9 cm³/mol. The van der Waals surface area contributed by atoms with Gasteiger partial charge in [-0.05, 0) is 6.08 Å². The van der Waals surface area contributed by atoms with E-state index in [2.05, 4.69) is 4.98 Å². The summed E-state index contributed by atoms with van der Waals surface area (Å²) < 4.78 is 25.2. The monoisotopic (exact) mass is 329 g/mol. The molecule has 110 valence electrons. The fraction of sp³-hybridized carbons (Fsp3) is 0.0667. The van der Waals surface area contributed by atoms with Crippen molar-refractivity contribution in [1.82, 2.24) is 9.38 Å². The van der Waals surface area contributed by atoms with Crippen molar-refractivity contribution in [3.8, 4) is 17.3 Å². The van der Waals surface area contributed by atoms with Crippen molar-refractivity contribution in [2.24, 2.45) is 0 Å². The molecule has 2 heterocycles. The third-order valence-electron chi connectivity index (χ3n) is 3.12. The quantitative estimate of drug-likeness (QED) is 0.692. The minimum absolute atomic E-state index is 0.280. The normalized spacial score (nSPS) is 12.5. The highest BCUT2D eigenvalue weighted by molar-refractivity contribution is 7.95. The maximum Gasteiger partial charge on any atom is 0.194 e. The van der Waals surface area contributed by atoms with E-state index in [9.17, 15) is 8.42 Å². The van der Waals surface area contributed by atoms with Gasteiger partial charge in [-0.3, -0.25) is 4.40 Å². The Labute approximate surface area is 131 Å². The summed E-state index contributed by atoms with van der Waals surface area (Å²) in [5.41, 5.74) is 2.11. The van der Waals surface area contributed by atoms with E-state index in [0.717, 1.165) is 16.8 Å². The molecule has 0 N–H and O–H groups in total. The van der Waals surface area contributed by atoms with Gasteiger partial charge in [-0.25, -0.2) is 13.4 Å². The zero-order chi connectivity index (χ0) is 15.7. The lowest BCUT2D eigenvalue weighted by Crippen LogP contribution is -1.99. The Bertz CT molecular complexity index is 1010. The third-order valence-corrected chi connectivity index (χ3v) is 4.89. The van der Waals surface area contributed by atoms with E-state index in [1.54, 1.807) is 10.5 Å². The third kappa shape index (κ3) is 2.54. The van der Waals surface area contributed by atoms with Crippen LogP contribution in [-0.4, -0.2) is 24.1 Å². The number of sulfone groups is 1. The summed E-state index contributed by atoms with van der Waals surface area (Å²) in [5.74, 6) is 0. The van der Waals surface area contributed by atoms with Crippen LogP contribution in [0.4, 0.5) is 0 Å². The lowest BCUT2D eigenvalue weighted by molar-refractivity contribution is 0.609. The van der Waals surface area contributed by atoms with Gasteiger partial charge in [-0.2, -0.15) is 5.26 Å². The number of rotatable bonds is 3. The van der Waals surface area contributed by atoms with Crippen molar-refractivity contribution in [3.05, 3.63) is 52.5 Å². The van der Waals surface area contributed by atoms with Gasteiger partial charge < -0.3 is 0 Å². The van der Waals surface area contributed by atoms with Crippen LogP contribution in [0.1, 0.15) is 5.69 Å². The Kier molecular flexibility index (Phi) is 3.56. The predicted octanol–water partition coefficient (Wildman–Crippen LogP) is 2.97. The minimum atomic E-state index is -3.58. The van der Waals surface area contributed by atoms with E-state index in [4.69, 9.17) is 5.26 Å². The van der Waals surface area contributed by atoms with E-state index in [1.165, 1.54) is 17.4 Å². The number of nitriles is 1. The summed E-state index contributed by atoms with van der Waals surface area (Å²) >= 11 is 1.45. The molecule has 0 atom stereocenters. The number of thiazole rings is 1. The van der Waals surface area contributed by atoms with Crippen LogP contribution in [-0.2, 0) is 9.84 Å². The second-order valence-electron chi connectivity index (χ2n) is 4.66. The van der Waals surface area contributed by atoms with Crippen LogP contribution in [0.15, 0.2) is 46.8 Å². The van der Waals surface area contributed by atoms with Crippen molar-refractivity contribution in [1.29, 1.82) is 5.26 Å². The Morgan fingerprint density at radius 1 is 1.36 bits per heavy atom. The van der Waals surface area contributed by atoms with Crippen LogP contribution in [0.3, 0.4) is 0 Å². The number of aromatic nitrogens is 2. The molecule has 0 spiro atoms. The number of hydrogen-bond acceptors (Lipinski definition) is 5. The second kappa shape index (κ2) is 5.40. The van der Waals surface area contributed by atoms with Crippen LogP contribution in [0.25, 0.3) is 22.3 Å². The molecule has 3 aromatic rings. The SMILES string of the molecule is CS(=O)(=O)C(C#N)=Cc1c(-c2ccccc2)nc2sccn12. The maximum absolute atomic E-state index is 11.7. The molecule has 0 aliphatic rings. The Morgan fingerprint density at radius 3 is 2.73 bits per heavy atom. The average Bonchev–Trinajstić information content (AvgIpc) is 3.05. The Balaban J connectivity index is 2.31. The molecule has 1 aromatic carbocycles. The number of fused-ring (bicyclic) bond motifs is 1. The summed E-state index contributed by atoms with van der Waals surface area (Å²) in [6.07, 6.45) is 4.21. The van der Waals surface area contributed by atoms with Crippen molar-refractivity contribution in [3.63, 3.8) is 0 Å². The first-order chi connectivity index (χ1) is 10.5. The zero-order valence-corrected chi connectivity index (χ0v) is 13.2. The van der Waals surface area contributed by atoms with E-state index >= 15 is 0 Å². The van der Waals surface area contributed by atoms with Crippen LogP contribution in [0.2, 0.25) is 0 Å². The molecule has 0 aliphatic heterocycles. The highest BCUT2D eigenvalue weighted by atomic mass is 32.2. The molecule has 0 radical (unpaired) electrons. The van der Waals surface area contributed by atoms with Gasteiger partial charge in [-0.15, -0.1) is 11.3 Å². The zero-order valence-electron chi connectivity index (χ0n) is 11.6. The van der Waals surface area contributed by atoms with E-state index in [0.29, 0.717) is 11.4 Å². The molecule has 0 amide bonds. The molecule has 22 heavy (non-hydrogen) atoms. The standard InChI is InChI=1S/C15H11N3O2S2/c1-22(19,20)12(10-16)9-13-14(11-5-3-2-4-6-11)17-15-18(13)7-8-21-15/h2-9H,1H3. The van der Waals surface area contributed by atoms with Crippen LogP contribution < -0.4 is 0 Å². The molecular weight excluding hydrogens is 318 g/mol. The van der Waals surface area contributed by atoms with Gasteiger partial charge in [-0.1, -0.05) is 30.3 Å². The van der Waals surface area contributed by atoms with E-state index < -0.39 is 9.84 Å². The van der Waals surface area contributed by atoms with Gasteiger partial charge in [0.2, 0.25) is 0 Å². The molecule has 2 aromatic heterocycles. The molecule has 0 saturated heterocycles. The van der Waals surface area contributed by atoms with Crippen LogP contribution in [0, 0.1) is 11.3 Å². The molecule has 0 aliphatic carbocycles. The Morgan fingerprint density at radius 2 is 2.09 bits per heavy atom. The molecule has 0 fully saturated rings. The van der Waals surface area contributed by atoms with Gasteiger partial charge in [0.1, 0.15) is 11.0 Å². The van der Waals surface area contributed by atoms with Gasteiger partial charge in [0.05, 0.1) is 11.4 Å². The molecule has 0 unspecified atom stereocenters. The van der Waals surface area contributed by atoms with Crippen LogP contribution >= 0.6 is 11.3 Å². The fourth-order valence-electron chi connectivity index (χ4n) is 2.10. The lowest BCUT2D eigenvalue weighted by Gasteiger charge is -2.01. The largest absolute Gasteiger partial charge is 0.290 e. The first-order valence-electron chi connectivity index (χ1n) is 6.33. The summed E-state index contributed by atoms with van der Waals surface area (Å²) in [6, 6.07) is 11.2. The number of benzene rings is 1. The summed E-state index contributed by atoms with van der Waals surface area (Å²) in [7, 11) is -3.58. The minimum Gasteiger partial charge on any atom is -0.290 e. The van der Waals surface area contributed by atoms with E-state index in [-0.39, 0.29) is 4.91 Å². The summed E-state index contributed by atoms with van der Waals surface area (Å²) in [6.45, 7) is 0. The van der Waals surface area contributed by atoms with Crippen molar-refractivity contribution >= 4 is 32.2 Å². The van der Waals surface area contributed by atoms with Gasteiger partial charge in [0.15, 0.2) is 14.8 Å². The Hall–Kier alpha value is -2.43. The highest BCUT2D eigenvalue weighted by Crippen LogP contribution is 2.28. The second-order valence-corrected chi connectivity index (χ2v) is 7.52. The number of imidazole rings is 1. The molecule has 5 nitrogen and oxygen atoms in total. The highest BCUT2D eigenvalue weighted by Gasteiger charge is 2.17. The summed E-state index contributed by atoms with van der Waals surface area (Å²) in [4.78, 5) is 5.01. The lowest BCUT2D eigenvalue weighted by atomic mass is 10.1. The van der Waals surface area contributed by atoms with Crippen molar-refractivity contribution in [2.75, 3.05) is 6.26 Å². The molecular formula is C15H11N3O2S2. The average molecular weight is 329 g/mol. The van der Waals surface area contributed by atoms with Gasteiger partial charge in [0, 0.05) is 23.4 Å². The summed E-state index contributed by atoms with van der Waals surface area (Å²) in [5, 5.41) is 11.0. The first-order valence-corrected chi connectivity index (χ1v) is 9.10. The maximum atomic E-state index is 11.7. The van der Waals surface area contributed by atoms with Crippen molar-refractivity contribution < 1.29 is 8.42 Å². The topological polar surface area (TPSA) is 75.2 Å². The molecule has 0 bridgehead atoms. The molecule has 0 saturated carbocycles.